The van der Waals surface area contributed by atoms with Crippen LogP contribution in [0.15, 0.2) is 71.2 Å². The van der Waals surface area contributed by atoms with Crippen molar-refractivity contribution in [3.63, 3.8) is 0 Å². The van der Waals surface area contributed by atoms with Crippen LogP contribution in [0.3, 0.4) is 0 Å². The number of carbonyl (C=O) groups is 1. The van der Waals surface area contributed by atoms with Gasteiger partial charge in [0.25, 0.3) is 5.91 Å². The number of ether oxygens (including phenoxy) is 3. The molecule has 1 amide bonds. The van der Waals surface area contributed by atoms with Gasteiger partial charge >= 0.3 is 0 Å². The zero-order chi connectivity index (χ0) is 23.5. The Morgan fingerprint density at radius 1 is 0.879 bits per heavy atom. The van der Waals surface area contributed by atoms with Gasteiger partial charge in [-0.25, -0.2) is 0 Å². The van der Waals surface area contributed by atoms with E-state index in [0.717, 1.165) is 29.3 Å². The van der Waals surface area contributed by atoms with Crippen molar-refractivity contribution in [1.29, 1.82) is 0 Å². The van der Waals surface area contributed by atoms with Crippen molar-refractivity contribution in [1.82, 2.24) is 5.32 Å². The number of rotatable bonds is 12. The van der Waals surface area contributed by atoms with Crippen LogP contribution in [0, 0.1) is 0 Å². The Morgan fingerprint density at radius 2 is 1.64 bits per heavy atom. The van der Waals surface area contributed by atoms with Crippen LogP contribution in [-0.2, 0) is 13.0 Å². The predicted molar refractivity (Wildman–Crippen MR) is 134 cm³/mol. The predicted octanol–water partition coefficient (Wildman–Crippen LogP) is 6.19. The SMILES string of the molecule is CCCCOc1ccc(CNC(=O)c2cc(Br)ccc2OCCc2ccccc2)cc1OC. The lowest BCUT2D eigenvalue weighted by atomic mass is 10.1. The van der Waals surface area contributed by atoms with Gasteiger partial charge in [-0.2, -0.15) is 0 Å². The molecule has 0 aromatic heterocycles. The Kier molecular flexibility index (Phi) is 9.63. The van der Waals surface area contributed by atoms with Crippen LogP contribution < -0.4 is 19.5 Å². The summed E-state index contributed by atoms with van der Waals surface area (Å²) in [5.41, 5.74) is 2.60. The van der Waals surface area contributed by atoms with E-state index in [2.05, 4.69) is 40.3 Å². The van der Waals surface area contributed by atoms with Gasteiger partial charge in [-0.05, 0) is 47.9 Å². The molecule has 1 N–H and O–H groups in total. The number of halogens is 1. The molecule has 0 spiro atoms. The number of amides is 1. The molecule has 174 valence electrons. The molecule has 0 radical (unpaired) electrons. The summed E-state index contributed by atoms with van der Waals surface area (Å²) in [5, 5.41) is 2.98. The lowest BCUT2D eigenvalue weighted by Gasteiger charge is -2.14. The van der Waals surface area contributed by atoms with Crippen LogP contribution in [0.1, 0.15) is 41.3 Å². The summed E-state index contributed by atoms with van der Waals surface area (Å²) in [6.45, 7) is 3.62. The number of nitrogens with one attached hydrogen (secondary N) is 1. The quantitative estimate of drug-likeness (QED) is 0.294. The molecule has 33 heavy (non-hydrogen) atoms. The summed E-state index contributed by atoms with van der Waals surface area (Å²) >= 11 is 3.45. The monoisotopic (exact) mass is 511 g/mol. The molecule has 0 atom stereocenters. The van der Waals surface area contributed by atoms with E-state index >= 15 is 0 Å². The van der Waals surface area contributed by atoms with Crippen LogP contribution in [0.2, 0.25) is 0 Å². The molecular weight excluding hydrogens is 482 g/mol. The Bertz CT molecular complexity index is 1040. The first-order valence-corrected chi connectivity index (χ1v) is 11.9. The summed E-state index contributed by atoms with van der Waals surface area (Å²) in [7, 11) is 1.62. The summed E-state index contributed by atoms with van der Waals surface area (Å²) in [4.78, 5) is 13.0. The van der Waals surface area contributed by atoms with Gasteiger partial charge in [0.05, 0.1) is 25.9 Å². The second kappa shape index (κ2) is 12.9. The van der Waals surface area contributed by atoms with E-state index in [1.54, 1.807) is 13.2 Å². The normalized spacial score (nSPS) is 10.5. The highest BCUT2D eigenvalue weighted by Gasteiger charge is 2.14. The van der Waals surface area contributed by atoms with Crippen LogP contribution in [0.4, 0.5) is 0 Å². The molecule has 6 heteroatoms. The number of carbonyl (C=O) groups excluding carboxylic acids is 1. The van der Waals surface area contributed by atoms with Crippen LogP contribution in [0.5, 0.6) is 17.2 Å². The van der Waals surface area contributed by atoms with Gasteiger partial charge in [0.15, 0.2) is 11.5 Å². The van der Waals surface area contributed by atoms with Crippen molar-refractivity contribution in [3.05, 3.63) is 87.9 Å². The van der Waals surface area contributed by atoms with E-state index < -0.39 is 0 Å². The van der Waals surface area contributed by atoms with Crippen molar-refractivity contribution >= 4 is 21.8 Å². The van der Waals surface area contributed by atoms with Crippen molar-refractivity contribution in [2.24, 2.45) is 0 Å². The van der Waals surface area contributed by atoms with Crippen LogP contribution in [0.25, 0.3) is 0 Å². The van der Waals surface area contributed by atoms with Crippen molar-refractivity contribution < 1.29 is 19.0 Å². The molecular formula is C27H30BrNO4. The molecule has 0 fully saturated rings. The maximum Gasteiger partial charge on any atom is 0.255 e. The Morgan fingerprint density at radius 3 is 2.39 bits per heavy atom. The maximum atomic E-state index is 13.0. The van der Waals surface area contributed by atoms with Gasteiger partial charge in [0, 0.05) is 17.4 Å². The number of benzene rings is 3. The third-order valence-electron chi connectivity index (χ3n) is 5.11. The van der Waals surface area contributed by atoms with Crippen molar-refractivity contribution in [2.75, 3.05) is 20.3 Å². The lowest BCUT2D eigenvalue weighted by molar-refractivity contribution is 0.0946. The third kappa shape index (κ3) is 7.53. The number of unbranched alkanes of at least 4 members (excludes halogenated alkanes) is 1. The zero-order valence-electron chi connectivity index (χ0n) is 19.1. The smallest absolute Gasteiger partial charge is 0.255 e. The van der Waals surface area contributed by atoms with E-state index in [-0.39, 0.29) is 5.91 Å². The number of hydrogen-bond donors (Lipinski definition) is 1. The molecule has 3 aromatic rings. The van der Waals surface area contributed by atoms with E-state index in [0.29, 0.717) is 42.6 Å². The molecule has 5 nitrogen and oxygen atoms in total. The van der Waals surface area contributed by atoms with Crippen LogP contribution in [-0.4, -0.2) is 26.2 Å². The van der Waals surface area contributed by atoms with E-state index in [4.69, 9.17) is 14.2 Å². The van der Waals surface area contributed by atoms with Gasteiger partial charge < -0.3 is 19.5 Å². The molecule has 0 bridgehead atoms. The fourth-order valence-corrected chi connectivity index (χ4v) is 3.64. The van der Waals surface area contributed by atoms with Crippen molar-refractivity contribution in [3.8, 4) is 17.2 Å². The first kappa shape index (κ1) is 24.6. The van der Waals surface area contributed by atoms with Crippen molar-refractivity contribution in [2.45, 2.75) is 32.7 Å². The van der Waals surface area contributed by atoms with E-state index in [1.165, 1.54) is 5.56 Å². The topological polar surface area (TPSA) is 56.8 Å². The lowest BCUT2D eigenvalue weighted by Crippen LogP contribution is -2.23. The molecule has 0 saturated heterocycles. The highest BCUT2D eigenvalue weighted by molar-refractivity contribution is 9.10. The van der Waals surface area contributed by atoms with Gasteiger partial charge in [0.2, 0.25) is 0 Å². The molecule has 0 unspecified atom stereocenters. The summed E-state index contributed by atoms with van der Waals surface area (Å²) in [6, 6.07) is 21.3. The van der Waals surface area contributed by atoms with Gasteiger partial charge in [-0.1, -0.05) is 65.7 Å². The average molecular weight is 512 g/mol. The van der Waals surface area contributed by atoms with Gasteiger partial charge in [0.1, 0.15) is 5.75 Å². The molecule has 3 aromatic carbocycles. The zero-order valence-corrected chi connectivity index (χ0v) is 20.7. The second-order valence-electron chi connectivity index (χ2n) is 7.59. The van der Waals surface area contributed by atoms with Gasteiger partial charge in [-0.15, -0.1) is 0 Å². The molecule has 0 heterocycles. The standard InChI is InChI=1S/C27H30BrNO4/c1-3-4-15-32-25-12-10-21(17-26(25)31-2)19-29-27(30)23-18-22(28)11-13-24(23)33-16-14-20-8-6-5-7-9-20/h5-13,17-18H,3-4,14-16,19H2,1-2H3,(H,29,30). The Hall–Kier alpha value is -2.99. The number of hydrogen-bond acceptors (Lipinski definition) is 4. The molecule has 0 saturated carbocycles. The van der Waals surface area contributed by atoms with E-state index in [9.17, 15) is 4.79 Å². The Labute approximate surface area is 204 Å². The largest absolute Gasteiger partial charge is 0.493 e. The second-order valence-corrected chi connectivity index (χ2v) is 8.51. The highest BCUT2D eigenvalue weighted by Crippen LogP contribution is 2.28. The molecule has 0 aliphatic heterocycles. The molecule has 3 rings (SSSR count). The highest BCUT2D eigenvalue weighted by atomic mass is 79.9. The molecule has 0 aliphatic rings. The fraction of sp³-hybridized carbons (Fsp3) is 0.296. The maximum absolute atomic E-state index is 13.0. The minimum atomic E-state index is -0.201. The fourth-order valence-electron chi connectivity index (χ4n) is 3.27. The summed E-state index contributed by atoms with van der Waals surface area (Å²) < 4.78 is 18.0. The number of methoxy groups -OCH3 is 1. The minimum absolute atomic E-state index is 0.201. The third-order valence-corrected chi connectivity index (χ3v) is 5.61. The van der Waals surface area contributed by atoms with Gasteiger partial charge in [-0.3, -0.25) is 4.79 Å². The van der Waals surface area contributed by atoms with E-state index in [1.807, 2.05) is 48.5 Å². The molecule has 0 aliphatic carbocycles. The summed E-state index contributed by atoms with van der Waals surface area (Å²) in [6.07, 6.45) is 2.83. The first-order chi connectivity index (χ1) is 16.1. The van der Waals surface area contributed by atoms with Crippen LogP contribution >= 0.6 is 15.9 Å². The first-order valence-electron chi connectivity index (χ1n) is 11.1. The Balaban J connectivity index is 1.62. The minimum Gasteiger partial charge on any atom is -0.493 e. The summed E-state index contributed by atoms with van der Waals surface area (Å²) in [5.74, 6) is 1.73. The average Bonchev–Trinajstić information content (AvgIpc) is 2.84.